The third-order valence-electron chi connectivity index (χ3n) is 5.02. The monoisotopic (exact) mass is 399 g/mol. The van der Waals surface area contributed by atoms with Gasteiger partial charge in [-0.05, 0) is 43.0 Å². The summed E-state index contributed by atoms with van der Waals surface area (Å²) < 4.78 is 1.65. The van der Waals surface area contributed by atoms with Gasteiger partial charge in [0, 0.05) is 25.2 Å². The Morgan fingerprint density at radius 3 is 2.61 bits per heavy atom. The molecule has 0 fully saturated rings. The van der Waals surface area contributed by atoms with Crippen molar-refractivity contribution in [2.75, 3.05) is 7.05 Å². The van der Waals surface area contributed by atoms with Crippen LogP contribution in [0.15, 0.2) is 58.5 Å². The van der Waals surface area contributed by atoms with Crippen LogP contribution in [0.1, 0.15) is 25.5 Å². The second-order valence-corrected chi connectivity index (χ2v) is 7.13. The lowest BCUT2D eigenvalue weighted by atomic mass is 10.0. The van der Waals surface area contributed by atoms with Gasteiger partial charge in [0.1, 0.15) is 0 Å². The van der Waals surface area contributed by atoms with Gasteiger partial charge in [-0.15, -0.1) is 0 Å². The number of nitrogens with zero attached hydrogens (tertiary/aromatic N) is 2. The van der Waals surface area contributed by atoms with E-state index < -0.39 is 6.04 Å². The largest absolute Gasteiger partial charge is 0.328 e. The van der Waals surface area contributed by atoms with Crippen molar-refractivity contribution < 1.29 is 9.59 Å². The average Bonchev–Trinajstić information content (AvgIpc) is 2.70. The minimum absolute atomic E-state index is 0.0436. The van der Waals surface area contributed by atoms with Crippen molar-refractivity contribution in [3.05, 3.63) is 69.6 Å². The van der Waals surface area contributed by atoms with Gasteiger partial charge in [-0.3, -0.25) is 9.59 Å². The summed E-state index contributed by atoms with van der Waals surface area (Å²) in [4.78, 5) is 38.3. The number of urea groups is 1. The molecular formula is C21H22ClN3O3. The molecule has 2 aromatic rings. The van der Waals surface area contributed by atoms with Crippen LogP contribution in [0, 0.1) is 0 Å². The van der Waals surface area contributed by atoms with Crippen molar-refractivity contribution in [1.82, 2.24) is 14.8 Å². The minimum atomic E-state index is -0.450. The van der Waals surface area contributed by atoms with Gasteiger partial charge in [-0.2, -0.15) is 0 Å². The molecule has 1 aliphatic rings. The number of amides is 2. The maximum absolute atomic E-state index is 12.7. The van der Waals surface area contributed by atoms with Crippen molar-refractivity contribution in [2.45, 2.75) is 32.5 Å². The maximum Gasteiger partial charge on any atom is 0.318 e. The number of carbonyl (C=O) groups is 2. The number of hydrogen-bond donors (Lipinski definition) is 1. The highest BCUT2D eigenvalue weighted by Crippen LogP contribution is 2.26. The molecule has 0 saturated heterocycles. The Bertz CT molecular complexity index is 1050. The topological polar surface area (TPSA) is 71.4 Å². The van der Waals surface area contributed by atoms with Crippen LogP contribution in [0.5, 0.6) is 0 Å². The van der Waals surface area contributed by atoms with Crippen molar-refractivity contribution in [3.63, 3.8) is 0 Å². The summed E-state index contributed by atoms with van der Waals surface area (Å²) in [6.07, 6.45) is 6.26. The molecule has 2 atom stereocenters. The lowest BCUT2D eigenvalue weighted by Crippen LogP contribution is -2.43. The number of halogens is 1. The zero-order valence-electron chi connectivity index (χ0n) is 16.0. The first-order valence-electron chi connectivity index (χ1n) is 9.08. The Balaban J connectivity index is 1.89. The van der Waals surface area contributed by atoms with Crippen molar-refractivity contribution >= 4 is 34.2 Å². The van der Waals surface area contributed by atoms with Gasteiger partial charge in [0.15, 0.2) is 5.78 Å². The van der Waals surface area contributed by atoms with Gasteiger partial charge in [0.25, 0.3) is 5.56 Å². The van der Waals surface area contributed by atoms with E-state index in [1.807, 2.05) is 38.2 Å². The predicted molar refractivity (Wildman–Crippen MR) is 110 cm³/mol. The fourth-order valence-corrected chi connectivity index (χ4v) is 3.42. The highest BCUT2D eigenvalue weighted by Gasteiger charge is 2.23. The Labute approximate surface area is 168 Å². The first-order chi connectivity index (χ1) is 13.3. The zero-order chi connectivity index (χ0) is 20.4. The molecule has 1 heterocycles. The van der Waals surface area contributed by atoms with E-state index in [2.05, 4.69) is 5.32 Å². The predicted octanol–water partition coefficient (Wildman–Crippen LogP) is 3.35. The first kappa shape index (κ1) is 19.9. The Morgan fingerprint density at radius 2 is 1.96 bits per heavy atom. The van der Waals surface area contributed by atoms with E-state index in [0.717, 1.165) is 10.9 Å². The number of pyridine rings is 1. The molecule has 1 aliphatic carbocycles. The summed E-state index contributed by atoms with van der Waals surface area (Å²) in [6.45, 7) is 4.37. The molecule has 146 valence electrons. The number of allylic oxidation sites excluding steroid dienone is 2. The number of carbonyl (C=O) groups excluding carboxylic acids is 2. The number of rotatable bonds is 4. The van der Waals surface area contributed by atoms with E-state index in [4.69, 9.17) is 11.6 Å². The van der Waals surface area contributed by atoms with E-state index in [1.54, 1.807) is 28.7 Å². The zero-order valence-corrected chi connectivity index (χ0v) is 16.7. The Hall–Kier alpha value is -2.86. The van der Waals surface area contributed by atoms with Crippen LogP contribution in [0.2, 0.25) is 0 Å². The van der Waals surface area contributed by atoms with Crippen LogP contribution in [-0.4, -0.2) is 34.4 Å². The summed E-state index contributed by atoms with van der Waals surface area (Å²) in [6, 6.07) is 6.37. The van der Waals surface area contributed by atoms with Crippen LogP contribution in [0.3, 0.4) is 0 Å². The van der Waals surface area contributed by atoms with Crippen LogP contribution >= 0.6 is 11.6 Å². The number of ketones is 1. The molecule has 0 spiro atoms. The second kappa shape index (κ2) is 8.02. The van der Waals surface area contributed by atoms with Crippen LogP contribution in [0.25, 0.3) is 10.8 Å². The molecule has 2 unspecified atom stereocenters. The summed E-state index contributed by atoms with van der Waals surface area (Å²) in [5.41, 5.74) is 0.843. The Morgan fingerprint density at radius 1 is 1.29 bits per heavy atom. The number of aromatic nitrogens is 1. The third kappa shape index (κ3) is 3.73. The fraction of sp³-hybridized carbons (Fsp3) is 0.286. The molecule has 28 heavy (non-hydrogen) atoms. The molecule has 6 nitrogen and oxygen atoms in total. The fourth-order valence-electron chi connectivity index (χ4n) is 3.22. The van der Waals surface area contributed by atoms with Gasteiger partial charge in [0.05, 0.1) is 17.1 Å². The van der Waals surface area contributed by atoms with Crippen LogP contribution < -0.4 is 10.9 Å². The molecule has 0 radical (unpaired) electrons. The van der Waals surface area contributed by atoms with E-state index in [0.29, 0.717) is 11.9 Å². The van der Waals surface area contributed by atoms with Gasteiger partial charge in [-0.25, -0.2) is 4.79 Å². The highest BCUT2D eigenvalue weighted by atomic mass is 35.5. The first-order valence-corrected chi connectivity index (χ1v) is 9.46. The number of hydrogen-bond acceptors (Lipinski definition) is 3. The number of aryl methyl sites for hydroxylation is 1. The molecular weight excluding hydrogens is 378 g/mol. The van der Waals surface area contributed by atoms with Crippen LogP contribution in [0.4, 0.5) is 4.79 Å². The lowest BCUT2D eigenvalue weighted by Gasteiger charge is -2.28. The number of benzene rings is 1. The summed E-state index contributed by atoms with van der Waals surface area (Å²) in [5, 5.41) is 4.37. The lowest BCUT2D eigenvalue weighted by molar-refractivity contribution is -0.110. The highest BCUT2D eigenvalue weighted by molar-refractivity contribution is 6.44. The molecule has 1 aromatic heterocycles. The van der Waals surface area contributed by atoms with Crippen molar-refractivity contribution in [1.29, 1.82) is 0 Å². The van der Waals surface area contributed by atoms with Gasteiger partial charge in [0.2, 0.25) is 0 Å². The van der Waals surface area contributed by atoms with Gasteiger partial charge in [-0.1, -0.05) is 35.9 Å². The standard InChI is InChI=1S/C21H22ClN3O3/c1-4-25-12-17(15-7-5-6-8-16(15)20(25)27)13(2)24(3)21(28)23-14-9-10-19(26)18(22)11-14/h5-14H,4H2,1-3H3,(H,23,28). The molecule has 3 rings (SSSR count). The van der Waals surface area contributed by atoms with E-state index in [9.17, 15) is 14.4 Å². The van der Waals surface area contributed by atoms with Crippen molar-refractivity contribution in [2.24, 2.45) is 0 Å². The van der Waals surface area contributed by atoms with Gasteiger partial charge >= 0.3 is 6.03 Å². The summed E-state index contributed by atoms with van der Waals surface area (Å²) in [7, 11) is 1.69. The third-order valence-corrected chi connectivity index (χ3v) is 5.33. The number of fused-ring (bicyclic) bond motifs is 1. The van der Waals surface area contributed by atoms with E-state index in [1.165, 1.54) is 12.2 Å². The molecule has 0 bridgehead atoms. The Kier molecular flexibility index (Phi) is 5.70. The molecule has 7 heteroatoms. The molecule has 0 saturated carbocycles. The molecule has 0 aliphatic heterocycles. The normalized spacial score (nSPS) is 17.4. The van der Waals surface area contributed by atoms with E-state index in [-0.39, 0.29) is 28.4 Å². The average molecular weight is 400 g/mol. The SMILES string of the molecule is CCn1cc(C(C)N(C)C(=O)NC2C=CC(=O)C(Cl)=C2)c2ccccc2c1=O. The summed E-state index contributed by atoms with van der Waals surface area (Å²) >= 11 is 5.86. The smallest absolute Gasteiger partial charge is 0.318 e. The molecule has 1 N–H and O–H groups in total. The van der Waals surface area contributed by atoms with Gasteiger partial charge < -0.3 is 14.8 Å². The van der Waals surface area contributed by atoms with Crippen molar-refractivity contribution in [3.8, 4) is 0 Å². The minimum Gasteiger partial charge on any atom is -0.328 e. The second-order valence-electron chi connectivity index (χ2n) is 6.72. The van der Waals surface area contributed by atoms with Crippen LogP contribution in [-0.2, 0) is 11.3 Å². The molecule has 1 aromatic carbocycles. The summed E-state index contributed by atoms with van der Waals surface area (Å²) in [5.74, 6) is -0.276. The number of nitrogens with one attached hydrogen (secondary N) is 1. The maximum atomic E-state index is 12.7. The van der Waals surface area contributed by atoms with E-state index >= 15 is 0 Å². The molecule has 2 amide bonds. The quantitative estimate of drug-likeness (QED) is 0.856.